The molecule has 208 valence electrons. The van der Waals surface area contributed by atoms with Gasteiger partial charge in [0.15, 0.2) is 11.0 Å². The monoisotopic (exact) mass is 568 g/mol. The number of nitrogens with one attached hydrogen (secondary N) is 1. The smallest absolute Gasteiger partial charge is 0.341 e. The Kier molecular flexibility index (Phi) is 9.24. The number of nitrogens with zero attached hydrogens (tertiary/aromatic N) is 3. The summed E-state index contributed by atoms with van der Waals surface area (Å²) in [5, 5.41) is 13.1. The van der Waals surface area contributed by atoms with Gasteiger partial charge in [-0.15, -0.1) is 21.5 Å². The number of amides is 1. The molecule has 0 atom stereocenters. The fraction of sp³-hybridized carbons (Fsp3) is 0.517. The van der Waals surface area contributed by atoms with E-state index in [0.29, 0.717) is 28.4 Å². The van der Waals surface area contributed by atoms with Gasteiger partial charge in [0.05, 0.1) is 24.5 Å². The molecule has 1 N–H and O–H groups in total. The summed E-state index contributed by atoms with van der Waals surface area (Å²) in [6.07, 6.45) is 11.3. The van der Waals surface area contributed by atoms with Crippen molar-refractivity contribution in [1.29, 1.82) is 0 Å². The molecular formula is C29H36N4O4S2. The Morgan fingerprint density at radius 1 is 1.05 bits per heavy atom. The minimum atomic E-state index is -0.383. The van der Waals surface area contributed by atoms with E-state index in [0.717, 1.165) is 67.6 Å². The average molecular weight is 569 g/mol. The molecule has 0 saturated heterocycles. The second-order valence-corrected chi connectivity index (χ2v) is 12.1. The lowest BCUT2D eigenvalue weighted by molar-refractivity contribution is -0.113. The van der Waals surface area contributed by atoms with Gasteiger partial charge in [-0.1, -0.05) is 24.6 Å². The number of fused-ring (bicyclic) bond motifs is 1. The number of rotatable bonds is 9. The molecule has 0 spiro atoms. The van der Waals surface area contributed by atoms with Crippen molar-refractivity contribution >= 4 is 40.0 Å². The van der Waals surface area contributed by atoms with E-state index in [1.807, 2.05) is 35.8 Å². The van der Waals surface area contributed by atoms with Crippen molar-refractivity contribution in [3.63, 3.8) is 0 Å². The number of thioether (sulfide) groups is 1. The van der Waals surface area contributed by atoms with Gasteiger partial charge >= 0.3 is 5.97 Å². The van der Waals surface area contributed by atoms with Crippen molar-refractivity contribution in [2.45, 2.75) is 88.9 Å². The molecule has 0 bridgehead atoms. The van der Waals surface area contributed by atoms with Gasteiger partial charge in [-0.25, -0.2) is 4.79 Å². The highest BCUT2D eigenvalue weighted by Crippen LogP contribution is 2.38. The van der Waals surface area contributed by atoms with Crippen LogP contribution < -0.4 is 10.1 Å². The molecule has 5 rings (SSSR count). The summed E-state index contributed by atoms with van der Waals surface area (Å²) in [7, 11) is 1.39. The quantitative estimate of drug-likeness (QED) is 0.232. The van der Waals surface area contributed by atoms with E-state index in [1.54, 1.807) is 0 Å². The van der Waals surface area contributed by atoms with Crippen LogP contribution in [0.1, 0.15) is 79.1 Å². The molecule has 2 heterocycles. The predicted molar refractivity (Wildman–Crippen MR) is 155 cm³/mol. The van der Waals surface area contributed by atoms with Crippen LogP contribution in [0.5, 0.6) is 5.75 Å². The molecule has 0 unspecified atom stereocenters. The third-order valence-electron chi connectivity index (χ3n) is 7.40. The normalized spacial score (nSPS) is 15.8. The van der Waals surface area contributed by atoms with Crippen LogP contribution in [0, 0.1) is 0 Å². The topological polar surface area (TPSA) is 95.3 Å². The number of aryl methyl sites for hydroxylation is 1. The predicted octanol–water partition coefficient (Wildman–Crippen LogP) is 6.52. The highest BCUT2D eigenvalue weighted by molar-refractivity contribution is 7.99. The number of hydrogen-bond acceptors (Lipinski definition) is 8. The van der Waals surface area contributed by atoms with E-state index in [-0.39, 0.29) is 17.6 Å². The van der Waals surface area contributed by atoms with Crippen LogP contribution in [0.3, 0.4) is 0 Å². The number of thiophene rings is 1. The Balaban J connectivity index is 1.25. The van der Waals surface area contributed by atoms with E-state index < -0.39 is 0 Å². The first-order valence-electron chi connectivity index (χ1n) is 13.9. The lowest BCUT2D eigenvalue weighted by Crippen LogP contribution is -2.17. The summed E-state index contributed by atoms with van der Waals surface area (Å²) in [5.74, 6) is 1.24. The van der Waals surface area contributed by atoms with Gasteiger partial charge in [0, 0.05) is 17.0 Å². The van der Waals surface area contributed by atoms with Crippen LogP contribution in [0.4, 0.5) is 5.00 Å². The van der Waals surface area contributed by atoms with Gasteiger partial charge in [0.25, 0.3) is 0 Å². The summed E-state index contributed by atoms with van der Waals surface area (Å²) in [5.41, 5.74) is 2.53. The van der Waals surface area contributed by atoms with E-state index in [9.17, 15) is 9.59 Å². The zero-order chi connectivity index (χ0) is 27.2. The molecule has 39 heavy (non-hydrogen) atoms. The third-order valence-corrected chi connectivity index (χ3v) is 9.57. The van der Waals surface area contributed by atoms with E-state index >= 15 is 0 Å². The molecule has 0 radical (unpaired) electrons. The molecule has 1 saturated carbocycles. The van der Waals surface area contributed by atoms with Crippen molar-refractivity contribution in [3.05, 3.63) is 40.3 Å². The maximum atomic E-state index is 13.0. The second kappa shape index (κ2) is 13.0. The summed E-state index contributed by atoms with van der Waals surface area (Å²) in [6.45, 7) is 2.72. The molecule has 8 nitrogen and oxygen atoms in total. The van der Waals surface area contributed by atoms with Gasteiger partial charge in [-0.3, -0.25) is 4.79 Å². The Hall–Kier alpha value is -2.85. The first-order valence-corrected chi connectivity index (χ1v) is 15.7. The fourth-order valence-electron chi connectivity index (χ4n) is 5.39. The SMILES string of the molecule is CCn1c(SCC(=O)Nc2sc3c(c2C(=O)OC)CCCCCC3)nnc1-c1ccc(OC2CCCC2)cc1. The largest absolute Gasteiger partial charge is 0.490 e. The summed E-state index contributed by atoms with van der Waals surface area (Å²) < 4.78 is 13.2. The maximum Gasteiger partial charge on any atom is 0.341 e. The number of aromatic nitrogens is 3. The lowest BCUT2D eigenvalue weighted by Gasteiger charge is -2.13. The Bertz CT molecular complexity index is 1300. The molecule has 1 aromatic carbocycles. The number of benzene rings is 1. The molecular weight excluding hydrogens is 532 g/mol. The van der Waals surface area contributed by atoms with Crippen molar-refractivity contribution in [3.8, 4) is 17.1 Å². The van der Waals surface area contributed by atoms with Gasteiger partial charge in [-0.2, -0.15) is 0 Å². The molecule has 3 aromatic rings. The highest BCUT2D eigenvalue weighted by Gasteiger charge is 2.26. The number of ether oxygens (including phenoxy) is 2. The molecule has 1 amide bonds. The van der Waals surface area contributed by atoms with Crippen LogP contribution in [0.15, 0.2) is 29.4 Å². The number of carbonyl (C=O) groups excluding carboxylic acids is 2. The molecule has 2 aromatic heterocycles. The van der Waals surface area contributed by atoms with Gasteiger partial charge < -0.3 is 19.4 Å². The van der Waals surface area contributed by atoms with Crippen molar-refractivity contribution in [2.24, 2.45) is 0 Å². The minimum absolute atomic E-state index is 0.162. The lowest BCUT2D eigenvalue weighted by atomic mass is 9.96. The maximum absolute atomic E-state index is 13.0. The van der Waals surface area contributed by atoms with E-state index in [2.05, 4.69) is 15.5 Å². The van der Waals surface area contributed by atoms with Gasteiger partial charge in [0.2, 0.25) is 5.91 Å². The first kappa shape index (κ1) is 27.7. The Labute approximate surface area is 237 Å². The number of anilines is 1. The fourth-order valence-corrected chi connectivity index (χ4v) is 7.49. The van der Waals surface area contributed by atoms with Crippen LogP contribution in [-0.2, 0) is 28.9 Å². The summed E-state index contributed by atoms with van der Waals surface area (Å²) in [6, 6.07) is 8.01. The van der Waals surface area contributed by atoms with E-state index in [4.69, 9.17) is 9.47 Å². The minimum Gasteiger partial charge on any atom is -0.490 e. The van der Waals surface area contributed by atoms with Crippen LogP contribution in [0.2, 0.25) is 0 Å². The Morgan fingerprint density at radius 3 is 2.51 bits per heavy atom. The summed E-state index contributed by atoms with van der Waals surface area (Å²) in [4.78, 5) is 26.8. The van der Waals surface area contributed by atoms with Crippen LogP contribution >= 0.6 is 23.1 Å². The number of esters is 1. The number of carbonyl (C=O) groups is 2. The van der Waals surface area contributed by atoms with Crippen LogP contribution in [-0.4, -0.2) is 45.6 Å². The van der Waals surface area contributed by atoms with Crippen molar-refractivity contribution < 1.29 is 19.1 Å². The van der Waals surface area contributed by atoms with Crippen molar-refractivity contribution in [2.75, 3.05) is 18.2 Å². The second-order valence-electron chi connectivity index (χ2n) is 10.0. The van der Waals surface area contributed by atoms with Gasteiger partial charge in [-0.05, 0) is 88.1 Å². The molecule has 2 aliphatic carbocycles. The third kappa shape index (κ3) is 6.49. The molecule has 0 aliphatic heterocycles. The molecule has 2 aliphatic rings. The number of methoxy groups -OCH3 is 1. The highest BCUT2D eigenvalue weighted by atomic mass is 32.2. The number of hydrogen-bond donors (Lipinski definition) is 1. The molecule has 1 fully saturated rings. The van der Waals surface area contributed by atoms with Crippen molar-refractivity contribution in [1.82, 2.24) is 14.8 Å². The van der Waals surface area contributed by atoms with Crippen LogP contribution in [0.25, 0.3) is 11.4 Å². The zero-order valence-corrected chi connectivity index (χ0v) is 24.3. The Morgan fingerprint density at radius 2 is 1.79 bits per heavy atom. The zero-order valence-electron chi connectivity index (χ0n) is 22.7. The first-order chi connectivity index (χ1) is 19.1. The molecule has 10 heteroatoms. The van der Waals surface area contributed by atoms with E-state index in [1.165, 1.54) is 54.3 Å². The summed E-state index contributed by atoms with van der Waals surface area (Å²) >= 11 is 2.85. The average Bonchev–Trinajstić information content (AvgIpc) is 3.67. The van der Waals surface area contributed by atoms with Gasteiger partial charge in [0.1, 0.15) is 10.8 Å². The standard InChI is InChI=1S/C29H36N4O4S2/c1-3-33-26(19-14-16-21(17-15-19)37-20-10-8-9-11-20)31-32-29(33)38-18-24(34)30-27-25(28(35)36-2)22-12-6-4-5-7-13-23(22)39-27/h14-17,20H,3-13,18H2,1-2H3,(H,30,34).